The number of hydrogen-bond donors (Lipinski definition) is 0. The number of rotatable bonds is 4. The molecule has 0 spiro atoms. The van der Waals surface area contributed by atoms with E-state index in [9.17, 15) is 4.79 Å². The maximum absolute atomic E-state index is 10.5. The molecule has 17 heavy (non-hydrogen) atoms. The van der Waals surface area contributed by atoms with Crippen molar-refractivity contribution in [3.05, 3.63) is 17.3 Å². The molecule has 0 aliphatic rings. The maximum atomic E-state index is 10.5. The van der Waals surface area contributed by atoms with E-state index in [1.807, 2.05) is 33.8 Å². The van der Waals surface area contributed by atoms with E-state index in [-0.39, 0.29) is 11.8 Å². The summed E-state index contributed by atoms with van der Waals surface area (Å²) in [4.78, 5) is 18.7. The molecule has 0 N–H and O–H groups in total. The van der Waals surface area contributed by atoms with Gasteiger partial charge in [-0.1, -0.05) is 27.7 Å². The van der Waals surface area contributed by atoms with Crippen LogP contribution in [0.4, 0.5) is 5.69 Å². The number of isocyanates is 1. The van der Waals surface area contributed by atoms with Gasteiger partial charge in [-0.15, -0.1) is 0 Å². The van der Waals surface area contributed by atoms with Crippen LogP contribution in [0.3, 0.4) is 0 Å². The quantitative estimate of drug-likeness (QED) is 0.593. The zero-order valence-corrected chi connectivity index (χ0v) is 10.9. The first-order chi connectivity index (χ1) is 8.01. The minimum Gasteiger partial charge on any atom is -0.481 e. The summed E-state index contributed by atoms with van der Waals surface area (Å²) in [6.45, 7) is 8.11. The molecule has 92 valence electrons. The average Bonchev–Trinajstić information content (AvgIpc) is 2.28. The van der Waals surface area contributed by atoms with Crippen LogP contribution in [0.15, 0.2) is 11.1 Å². The fourth-order valence-electron chi connectivity index (χ4n) is 1.67. The molecule has 0 radical (unpaired) electrons. The molecular formula is C13H18N2O2. The lowest BCUT2D eigenvalue weighted by atomic mass is 9.97. The molecule has 1 heterocycles. The van der Waals surface area contributed by atoms with Gasteiger partial charge in [0.15, 0.2) is 0 Å². The van der Waals surface area contributed by atoms with Gasteiger partial charge in [-0.3, -0.25) is 0 Å². The third-order valence-electron chi connectivity index (χ3n) is 2.56. The molecule has 0 bridgehead atoms. The second-order valence-electron chi connectivity index (χ2n) is 4.50. The van der Waals surface area contributed by atoms with Crippen molar-refractivity contribution in [1.29, 1.82) is 0 Å². The van der Waals surface area contributed by atoms with Crippen molar-refractivity contribution in [1.82, 2.24) is 4.98 Å². The van der Waals surface area contributed by atoms with Gasteiger partial charge in [-0.05, 0) is 17.4 Å². The first-order valence-corrected chi connectivity index (χ1v) is 5.68. The van der Waals surface area contributed by atoms with E-state index in [0.717, 1.165) is 11.3 Å². The first-order valence-electron chi connectivity index (χ1n) is 5.68. The van der Waals surface area contributed by atoms with E-state index in [2.05, 4.69) is 9.98 Å². The Bertz CT molecular complexity index is 418. The number of nitrogens with zero attached hydrogens (tertiary/aromatic N) is 2. The zero-order valence-electron chi connectivity index (χ0n) is 10.9. The van der Waals surface area contributed by atoms with Gasteiger partial charge in [0.25, 0.3) is 0 Å². The molecule has 0 amide bonds. The third kappa shape index (κ3) is 2.92. The molecule has 1 aromatic rings. The lowest BCUT2D eigenvalue weighted by Gasteiger charge is -2.16. The Morgan fingerprint density at radius 2 is 1.94 bits per heavy atom. The van der Waals surface area contributed by atoms with Crippen molar-refractivity contribution < 1.29 is 9.53 Å². The van der Waals surface area contributed by atoms with Gasteiger partial charge < -0.3 is 4.74 Å². The Morgan fingerprint density at radius 1 is 1.29 bits per heavy atom. The van der Waals surface area contributed by atoms with Gasteiger partial charge in [-0.2, -0.15) is 4.99 Å². The third-order valence-corrected chi connectivity index (χ3v) is 2.56. The molecule has 0 fully saturated rings. The van der Waals surface area contributed by atoms with E-state index < -0.39 is 0 Å². The molecule has 4 heteroatoms. The number of methoxy groups -OCH3 is 1. The molecule has 4 nitrogen and oxygen atoms in total. The predicted molar refractivity (Wildman–Crippen MR) is 66.7 cm³/mol. The normalized spacial score (nSPS) is 10.5. The summed E-state index contributed by atoms with van der Waals surface area (Å²) in [5.74, 6) is 0.980. The van der Waals surface area contributed by atoms with Crippen molar-refractivity contribution in [3.8, 4) is 5.88 Å². The van der Waals surface area contributed by atoms with Crippen LogP contribution in [0, 0.1) is 0 Å². The summed E-state index contributed by atoms with van der Waals surface area (Å²) in [7, 11) is 1.58. The van der Waals surface area contributed by atoms with E-state index >= 15 is 0 Å². The molecular weight excluding hydrogens is 216 g/mol. The largest absolute Gasteiger partial charge is 0.481 e. The van der Waals surface area contributed by atoms with Crippen molar-refractivity contribution >= 4 is 11.8 Å². The molecule has 0 unspecified atom stereocenters. The van der Waals surface area contributed by atoms with Gasteiger partial charge in [-0.25, -0.2) is 9.78 Å². The Balaban J connectivity index is 3.54. The average molecular weight is 234 g/mol. The number of aliphatic imine (C=N–C) groups is 1. The van der Waals surface area contributed by atoms with Crippen molar-refractivity contribution in [3.63, 3.8) is 0 Å². The van der Waals surface area contributed by atoms with Gasteiger partial charge in [0.05, 0.1) is 12.8 Å². The van der Waals surface area contributed by atoms with Crippen LogP contribution in [0.2, 0.25) is 0 Å². The van der Waals surface area contributed by atoms with Crippen LogP contribution in [0.1, 0.15) is 50.8 Å². The Labute approximate surface area is 102 Å². The number of ether oxygens (including phenoxy) is 1. The Kier molecular flexibility index (Phi) is 4.41. The van der Waals surface area contributed by atoms with Crippen molar-refractivity contribution in [2.75, 3.05) is 7.11 Å². The summed E-state index contributed by atoms with van der Waals surface area (Å²) >= 11 is 0. The summed E-state index contributed by atoms with van der Waals surface area (Å²) in [5, 5.41) is 0. The van der Waals surface area contributed by atoms with E-state index in [1.54, 1.807) is 13.2 Å². The molecule has 0 saturated carbocycles. The lowest BCUT2D eigenvalue weighted by Crippen LogP contribution is -2.01. The summed E-state index contributed by atoms with van der Waals surface area (Å²) in [6, 6.07) is 1.83. The molecule has 0 atom stereocenters. The summed E-state index contributed by atoms with van der Waals surface area (Å²) in [6.07, 6.45) is 1.61. The SMILES string of the molecule is COc1cc(C(C)C)c(N=C=O)c(C(C)C)n1. The Morgan fingerprint density at radius 3 is 2.35 bits per heavy atom. The van der Waals surface area contributed by atoms with Crippen LogP contribution < -0.4 is 4.74 Å². The topological polar surface area (TPSA) is 51.5 Å². The van der Waals surface area contributed by atoms with Gasteiger partial charge in [0, 0.05) is 6.07 Å². The zero-order chi connectivity index (χ0) is 13.0. The highest BCUT2D eigenvalue weighted by Gasteiger charge is 2.17. The fraction of sp³-hybridized carbons (Fsp3) is 0.538. The minimum absolute atomic E-state index is 0.176. The fourth-order valence-corrected chi connectivity index (χ4v) is 1.67. The monoisotopic (exact) mass is 234 g/mol. The summed E-state index contributed by atoms with van der Waals surface area (Å²) in [5.41, 5.74) is 2.37. The number of pyridine rings is 1. The van der Waals surface area contributed by atoms with Crippen LogP contribution in [-0.4, -0.2) is 18.2 Å². The van der Waals surface area contributed by atoms with Crippen molar-refractivity contribution in [2.45, 2.75) is 39.5 Å². The van der Waals surface area contributed by atoms with Crippen LogP contribution in [0.5, 0.6) is 5.88 Å². The smallest absolute Gasteiger partial charge is 0.240 e. The molecule has 0 aliphatic heterocycles. The standard InChI is InChI=1S/C13H18N2O2/c1-8(2)10-6-11(17-5)15-12(9(3)4)13(10)14-7-16/h6,8-9H,1-5H3. The van der Waals surface area contributed by atoms with Crippen LogP contribution >= 0.6 is 0 Å². The van der Waals surface area contributed by atoms with Gasteiger partial charge >= 0.3 is 0 Å². The minimum atomic E-state index is 0.176. The van der Waals surface area contributed by atoms with E-state index in [1.165, 1.54) is 0 Å². The molecule has 0 saturated heterocycles. The maximum Gasteiger partial charge on any atom is 0.240 e. The van der Waals surface area contributed by atoms with Crippen LogP contribution in [0.25, 0.3) is 0 Å². The molecule has 1 aromatic heterocycles. The van der Waals surface area contributed by atoms with Gasteiger partial charge in [0.2, 0.25) is 12.0 Å². The second-order valence-corrected chi connectivity index (χ2v) is 4.50. The highest BCUT2D eigenvalue weighted by molar-refractivity contribution is 5.59. The van der Waals surface area contributed by atoms with Gasteiger partial charge in [0.1, 0.15) is 5.69 Å². The van der Waals surface area contributed by atoms with E-state index in [0.29, 0.717) is 11.6 Å². The number of carbonyl (C=O) groups excluding carboxylic acids is 1. The number of aromatic nitrogens is 1. The first kappa shape index (κ1) is 13.4. The molecule has 0 aliphatic carbocycles. The number of hydrogen-bond acceptors (Lipinski definition) is 4. The Hall–Kier alpha value is -1.67. The highest BCUT2D eigenvalue weighted by Crippen LogP contribution is 2.35. The highest BCUT2D eigenvalue weighted by atomic mass is 16.5. The van der Waals surface area contributed by atoms with Crippen LogP contribution in [-0.2, 0) is 4.79 Å². The second kappa shape index (κ2) is 5.60. The molecule has 0 aromatic carbocycles. The summed E-state index contributed by atoms with van der Waals surface area (Å²) < 4.78 is 5.18. The van der Waals surface area contributed by atoms with Crippen molar-refractivity contribution in [2.24, 2.45) is 4.99 Å². The van der Waals surface area contributed by atoms with E-state index in [4.69, 9.17) is 4.74 Å². The lowest BCUT2D eigenvalue weighted by molar-refractivity contribution is 0.394. The molecule has 1 rings (SSSR count). The predicted octanol–water partition coefficient (Wildman–Crippen LogP) is 3.30.